The van der Waals surface area contributed by atoms with E-state index in [1.807, 2.05) is 39.0 Å². The Kier molecular flexibility index (Phi) is 4.98. The van der Waals surface area contributed by atoms with Crippen LogP contribution in [0.15, 0.2) is 23.2 Å². The Morgan fingerprint density at radius 2 is 1.75 bits per heavy atom. The van der Waals surface area contributed by atoms with Gasteiger partial charge in [0.2, 0.25) is 0 Å². The molecule has 0 saturated carbocycles. The van der Waals surface area contributed by atoms with Crippen molar-refractivity contribution in [2.75, 3.05) is 6.61 Å². The summed E-state index contributed by atoms with van der Waals surface area (Å²) in [6, 6.07) is 5.51. The summed E-state index contributed by atoms with van der Waals surface area (Å²) in [6.07, 6.45) is 1.66. The lowest BCUT2D eigenvalue weighted by Gasteiger charge is -2.25. The summed E-state index contributed by atoms with van der Waals surface area (Å²) >= 11 is 0. The van der Waals surface area contributed by atoms with Crippen molar-refractivity contribution in [2.24, 2.45) is 10.4 Å². The Bertz CT molecular complexity index is 479. The van der Waals surface area contributed by atoms with E-state index < -0.39 is 0 Å². The molecular formula is C17H27NO2. The summed E-state index contributed by atoms with van der Waals surface area (Å²) in [5.74, 6) is 0.273. The molecule has 112 valence electrons. The smallest absolute Gasteiger partial charge is 0.128 e. The van der Waals surface area contributed by atoms with Gasteiger partial charge in [-0.1, -0.05) is 53.7 Å². The number of aliphatic imine (C=N–C) groups is 1. The molecular weight excluding hydrogens is 250 g/mol. The predicted molar refractivity (Wildman–Crippen MR) is 84.7 cm³/mol. The van der Waals surface area contributed by atoms with Gasteiger partial charge in [-0.3, -0.25) is 4.99 Å². The number of para-hydroxylation sites is 1. The quantitative estimate of drug-likeness (QED) is 0.831. The van der Waals surface area contributed by atoms with Gasteiger partial charge in [0, 0.05) is 11.8 Å². The maximum atomic E-state index is 10.4. The fraction of sp³-hybridized carbons (Fsp3) is 0.588. The van der Waals surface area contributed by atoms with Crippen molar-refractivity contribution < 1.29 is 10.2 Å². The Morgan fingerprint density at radius 3 is 2.20 bits per heavy atom. The summed E-state index contributed by atoms with van der Waals surface area (Å²) in [7, 11) is 0. The molecule has 0 aliphatic rings. The van der Waals surface area contributed by atoms with E-state index in [0.29, 0.717) is 5.56 Å². The van der Waals surface area contributed by atoms with Crippen LogP contribution in [-0.2, 0) is 5.41 Å². The number of phenolic OH excluding ortho intramolecular Hbond substituents is 1. The zero-order valence-electron chi connectivity index (χ0n) is 13.4. The Hall–Kier alpha value is -1.35. The molecule has 2 N–H and O–H groups in total. The van der Waals surface area contributed by atoms with Gasteiger partial charge >= 0.3 is 0 Å². The Labute approximate surface area is 122 Å². The Morgan fingerprint density at radius 1 is 1.15 bits per heavy atom. The molecule has 0 amide bonds. The highest BCUT2D eigenvalue weighted by atomic mass is 16.3. The van der Waals surface area contributed by atoms with Crippen molar-refractivity contribution in [1.82, 2.24) is 0 Å². The van der Waals surface area contributed by atoms with Gasteiger partial charge in [0.1, 0.15) is 5.75 Å². The number of nitrogens with zero attached hydrogens (tertiary/aromatic N) is 1. The van der Waals surface area contributed by atoms with Gasteiger partial charge in [-0.25, -0.2) is 0 Å². The topological polar surface area (TPSA) is 52.8 Å². The van der Waals surface area contributed by atoms with Crippen molar-refractivity contribution in [3.8, 4) is 5.75 Å². The van der Waals surface area contributed by atoms with Crippen molar-refractivity contribution in [3.05, 3.63) is 29.3 Å². The molecule has 0 radical (unpaired) electrons. The number of benzene rings is 1. The molecule has 0 bridgehead atoms. The lowest BCUT2D eigenvalue weighted by Crippen LogP contribution is -2.28. The average Bonchev–Trinajstić information content (AvgIpc) is 2.28. The number of rotatable bonds is 3. The molecule has 0 aliphatic carbocycles. The number of aliphatic hydroxyl groups excluding tert-OH is 1. The number of phenols is 1. The van der Waals surface area contributed by atoms with E-state index in [-0.39, 0.29) is 29.2 Å². The van der Waals surface area contributed by atoms with Crippen LogP contribution in [0.2, 0.25) is 0 Å². The van der Waals surface area contributed by atoms with Gasteiger partial charge in [-0.2, -0.15) is 0 Å². The number of aliphatic hydroxyl groups is 1. The predicted octanol–water partition coefficient (Wildman–Crippen LogP) is 3.52. The number of hydrogen-bond donors (Lipinski definition) is 2. The largest absolute Gasteiger partial charge is 0.507 e. The van der Waals surface area contributed by atoms with E-state index in [2.05, 4.69) is 25.8 Å². The Balaban J connectivity index is 3.11. The number of aromatic hydroxyl groups is 1. The minimum atomic E-state index is -0.180. The average molecular weight is 277 g/mol. The molecule has 1 atom stereocenters. The van der Waals surface area contributed by atoms with Gasteiger partial charge in [-0.05, 0) is 22.5 Å². The molecule has 3 nitrogen and oxygen atoms in total. The fourth-order valence-electron chi connectivity index (χ4n) is 1.99. The van der Waals surface area contributed by atoms with Crippen LogP contribution in [0.1, 0.15) is 52.7 Å². The van der Waals surface area contributed by atoms with Crippen LogP contribution in [-0.4, -0.2) is 29.1 Å². The van der Waals surface area contributed by atoms with Crippen LogP contribution in [0.3, 0.4) is 0 Å². The second kappa shape index (κ2) is 5.96. The zero-order chi connectivity index (χ0) is 15.6. The van der Waals surface area contributed by atoms with E-state index >= 15 is 0 Å². The van der Waals surface area contributed by atoms with Gasteiger partial charge in [0.25, 0.3) is 0 Å². The van der Waals surface area contributed by atoms with Crippen molar-refractivity contribution in [2.45, 2.75) is 53.0 Å². The SMILES string of the molecule is CC(C)(C)c1cccc(C=N[C@@H](CO)C(C)(C)C)c1O. The molecule has 1 rings (SSSR count). The summed E-state index contributed by atoms with van der Waals surface area (Å²) in [5.41, 5.74) is 1.37. The summed E-state index contributed by atoms with van der Waals surface area (Å²) in [4.78, 5) is 4.43. The normalized spacial score (nSPS) is 14.8. The van der Waals surface area contributed by atoms with E-state index in [0.717, 1.165) is 5.56 Å². The molecule has 3 heteroatoms. The van der Waals surface area contributed by atoms with E-state index in [1.165, 1.54) is 0 Å². The van der Waals surface area contributed by atoms with Crippen LogP contribution in [0, 0.1) is 5.41 Å². The van der Waals surface area contributed by atoms with Crippen molar-refractivity contribution in [1.29, 1.82) is 0 Å². The third-order valence-electron chi connectivity index (χ3n) is 3.44. The first-order valence-electron chi connectivity index (χ1n) is 7.04. The number of hydrogen-bond acceptors (Lipinski definition) is 3. The van der Waals surface area contributed by atoms with Crippen LogP contribution in [0.5, 0.6) is 5.75 Å². The second-order valence-corrected chi connectivity index (χ2v) is 7.34. The van der Waals surface area contributed by atoms with E-state index in [4.69, 9.17) is 0 Å². The highest BCUT2D eigenvalue weighted by Crippen LogP contribution is 2.32. The molecule has 0 aliphatic heterocycles. The molecule has 0 unspecified atom stereocenters. The third kappa shape index (κ3) is 4.07. The molecule has 20 heavy (non-hydrogen) atoms. The van der Waals surface area contributed by atoms with Gasteiger partial charge < -0.3 is 10.2 Å². The van der Waals surface area contributed by atoms with Crippen LogP contribution >= 0.6 is 0 Å². The molecule has 0 spiro atoms. The molecule has 1 aromatic rings. The first-order valence-corrected chi connectivity index (χ1v) is 7.04. The maximum Gasteiger partial charge on any atom is 0.128 e. The first-order chi connectivity index (χ1) is 9.07. The van der Waals surface area contributed by atoms with Gasteiger partial charge in [0.05, 0.1) is 12.6 Å². The third-order valence-corrected chi connectivity index (χ3v) is 3.44. The molecule has 1 aromatic carbocycles. The van der Waals surface area contributed by atoms with Crippen LogP contribution in [0.4, 0.5) is 0 Å². The van der Waals surface area contributed by atoms with E-state index in [1.54, 1.807) is 6.21 Å². The van der Waals surface area contributed by atoms with Crippen molar-refractivity contribution in [3.63, 3.8) is 0 Å². The minimum Gasteiger partial charge on any atom is -0.507 e. The van der Waals surface area contributed by atoms with Crippen LogP contribution in [0.25, 0.3) is 0 Å². The molecule has 0 aromatic heterocycles. The maximum absolute atomic E-state index is 10.4. The zero-order valence-corrected chi connectivity index (χ0v) is 13.4. The first kappa shape index (κ1) is 16.7. The standard InChI is InChI=1S/C17H27NO2/c1-16(2,3)13-9-7-8-12(15(13)20)10-18-14(11-19)17(4,5)6/h7-10,14,19-20H,11H2,1-6H3/t14-/m0/s1. The molecule has 0 heterocycles. The molecule has 0 fully saturated rings. The van der Waals surface area contributed by atoms with Gasteiger partial charge in [-0.15, -0.1) is 0 Å². The minimum absolute atomic E-state index is 0.000274. The highest BCUT2D eigenvalue weighted by Gasteiger charge is 2.23. The summed E-state index contributed by atoms with van der Waals surface area (Å²) < 4.78 is 0. The lowest BCUT2D eigenvalue weighted by molar-refractivity contribution is 0.191. The summed E-state index contributed by atoms with van der Waals surface area (Å²) in [6.45, 7) is 12.3. The lowest BCUT2D eigenvalue weighted by atomic mass is 9.85. The van der Waals surface area contributed by atoms with Crippen molar-refractivity contribution >= 4 is 6.21 Å². The summed E-state index contributed by atoms with van der Waals surface area (Å²) in [5, 5.41) is 19.8. The monoisotopic (exact) mass is 277 g/mol. The molecule has 0 saturated heterocycles. The van der Waals surface area contributed by atoms with Crippen LogP contribution < -0.4 is 0 Å². The van der Waals surface area contributed by atoms with E-state index in [9.17, 15) is 10.2 Å². The fourth-order valence-corrected chi connectivity index (χ4v) is 1.99. The highest BCUT2D eigenvalue weighted by molar-refractivity contribution is 5.84. The second-order valence-electron chi connectivity index (χ2n) is 7.34. The van der Waals surface area contributed by atoms with Gasteiger partial charge in [0.15, 0.2) is 0 Å².